The molecule has 0 radical (unpaired) electrons. The lowest BCUT2D eigenvalue weighted by Crippen LogP contribution is -2.20. The molecule has 20 heavy (non-hydrogen) atoms. The van der Waals surface area contributed by atoms with Gasteiger partial charge in [-0.05, 0) is 25.0 Å². The smallest absolute Gasteiger partial charge is 0.173 e. The van der Waals surface area contributed by atoms with E-state index in [4.69, 9.17) is 4.74 Å². The van der Waals surface area contributed by atoms with Crippen LogP contribution in [0.25, 0.3) is 0 Å². The normalized spacial score (nSPS) is 14.2. The molecular weight excluding hydrogens is 264 g/mol. The SMILES string of the molecule is CCCCCCCC(C)(CCCC)c1ccc(OC)s1. The molecular formula is C18H32OS. The third-order valence-electron chi connectivity index (χ3n) is 4.29. The lowest BCUT2D eigenvalue weighted by atomic mass is 9.78. The van der Waals surface area contributed by atoms with E-state index in [9.17, 15) is 0 Å². The first-order chi connectivity index (χ1) is 9.66. The summed E-state index contributed by atoms with van der Waals surface area (Å²) < 4.78 is 5.37. The quantitative estimate of drug-likeness (QED) is 0.420. The molecule has 0 saturated carbocycles. The third kappa shape index (κ3) is 5.47. The van der Waals surface area contributed by atoms with Crippen LogP contribution in [0.2, 0.25) is 0 Å². The Labute approximate surface area is 129 Å². The topological polar surface area (TPSA) is 9.23 Å². The summed E-state index contributed by atoms with van der Waals surface area (Å²) in [6, 6.07) is 4.41. The fraction of sp³-hybridized carbons (Fsp3) is 0.778. The number of hydrogen-bond acceptors (Lipinski definition) is 2. The first kappa shape index (κ1) is 17.6. The number of hydrogen-bond donors (Lipinski definition) is 0. The summed E-state index contributed by atoms with van der Waals surface area (Å²) in [4.78, 5) is 1.51. The average Bonchev–Trinajstić information content (AvgIpc) is 2.94. The highest BCUT2D eigenvalue weighted by Crippen LogP contribution is 2.41. The molecule has 1 aromatic rings. The zero-order valence-electron chi connectivity index (χ0n) is 13.8. The van der Waals surface area contributed by atoms with Gasteiger partial charge < -0.3 is 4.74 Å². The maximum atomic E-state index is 5.37. The van der Waals surface area contributed by atoms with Crippen molar-refractivity contribution in [2.75, 3.05) is 7.11 Å². The summed E-state index contributed by atoms with van der Waals surface area (Å²) in [5, 5.41) is 1.05. The Balaban J connectivity index is 2.60. The minimum atomic E-state index is 0.351. The molecule has 1 unspecified atom stereocenters. The molecule has 0 spiro atoms. The highest BCUT2D eigenvalue weighted by atomic mass is 32.1. The van der Waals surface area contributed by atoms with E-state index in [1.165, 1.54) is 62.7 Å². The Kier molecular flexibility index (Phi) is 8.28. The van der Waals surface area contributed by atoms with Gasteiger partial charge in [-0.1, -0.05) is 65.7 Å². The van der Waals surface area contributed by atoms with Crippen LogP contribution < -0.4 is 4.74 Å². The Hall–Kier alpha value is -0.500. The molecule has 0 aliphatic carbocycles. The van der Waals surface area contributed by atoms with E-state index in [0.717, 1.165) is 5.06 Å². The second-order valence-corrected chi connectivity index (χ2v) is 7.20. The van der Waals surface area contributed by atoms with Gasteiger partial charge in [0.1, 0.15) is 0 Å². The zero-order chi connectivity index (χ0) is 14.8. The number of methoxy groups -OCH3 is 1. The molecule has 0 aliphatic rings. The molecule has 0 saturated heterocycles. The molecule has 0 fully saturated rings. The van der Waals surface area contributed by atoms with E-state index in [1.807, 2.05) is 11.3 Å². The number of ether oxygens (including phenoxy) is 1. The van der Waals surface area contributed by atoms with E-state index < -0.39 is 0 Å². The molecule has 0 amide bonds. The summed E-state index contributed by atoms with van der Waals surface area (Å²) in [6.45, 7) is 7.02. The van der Waals surface area contributed by atoms with Crippen molar-refractivity contribution in [2.24, 2.45) is 0 Å². The van der Waals surface area contributed by atoms with Crippen LogP contribution in [-0.2, 0) is 5.41 Å². The summed E-state index contributed by atoms with van der Waals surface area (Å²) >= 11 is 1.84. The van der Waals surface area contributed by atoms with Crippen LogP contribution in [0.5, 0.6) is 5.06 Å². The van der Waals surface area contributed by atoms with Gasteiger partial charge in [0.25, 0.3) is 0 Å². The Bertz CT molecular complexity index is 358. The largest absolute Gasteiger partial charge is 0.487 e. The Morgan fingerprint density at radius 2 is 1.60 bits per heavy atom. The van der Waals surface area contributed by atoms with Crippen molar-refractivity contribution in [1.29, 1.82) is 0 Å². The molecule has 2 heteroatoms. The third-order valence-corrected chi connectivity index (χ3v) is 5.64. The standard InChI is InChI=1S/C18H32OS/c1-5-7-9-10-11-15-18(3,14-8-6-2)16-12-13-17(19-4)20-16/h12-13H,5-11,14-15H2,1-4H3. The van der Waals surface area contributed by atoms with Crippen molar-refractivity contribution in [3.05, 3.63) is 17.0 Å². The van der Waals surface area contributed by atoms with Crippen LogP contribution in [0.4, 0.5) is 0 Å². The van der Waals surface area contributed by atoms with Gasteiger partial charge in [-0.15, -0.1) is 11.3 Å². The summed E-state index contributed by atoms with van der Waals surface area (Å²) in [6.07, 6.45) is 12.1. The van der Waals surface area contributed by atoms with Crippen molar-refractivity contribution in [3.63, 3.8) is 0 Å². The van der Waals surface area contributed by atoms with Gasteiger partial charge in [-0.25, -0.2) is 0 Å². The molecule has 0 N–H and O–H groups in total. The van der Waals surface area contributed by atoms with Crippen molar-refractivity contribution in [2.45, 2.75) is 84.0 Å². The Morgan fingerprint density at radius 1 is 0.950 bits per heavy atom. The minimum Gasteiger partial charge on any atom is -0.487 e. The van der Waals surface area contributed by atoms with Crippen molar-refractivity contribution in [1.82, 2.24) is 0 Å². The number of thiophene rings is 1. The van der Waals surface area contributed by atoms with Crippen LogP contribution in [0, 0.1) is 0 Å². The fourth-order valence-corrected chi connectivity index (χ4v) is 3.83. The summed E-state index contributed by atoms with van der Waals surface area (Å²) in [5.74, 6) is 0. The number of rotatable bonds is 11. The van der Waals surface area contributed by atoms with E-state index in [0.29, 0.717) is 5.41 Å². The van der Waals surface area contributed by atoms with Crippen molar-refractivity contribution >= 4 is 11.3 Å². The maximum absolute atomic E-state index is 5.37. The second-order valence-electron chi connectivity index (χ2n) is 6.15. The van der Waals surface area contributed by atoms with Crippen molar-refractivity contribution in [3.8, 4) is 5.06 Å². The highest BCUT2D eigenvalue weighted by Gasteiger charge is 2.27. The molecule has 0 aliphatic heterocycles. The van der Waals surface area contributed by atoms with Gasteiger partial charge in [0, 0.05) is 10.3 Å². The van der Waals surface area contributed by atoms with Gasteiger partial charge in [-0.2, -0.15) is 0 Å². The first-order valence-electron chi connectivity index (χ1n) is 8.30. The molecule has 1 aromatic heterocycles. The molecule has 1 rings (SSSR count). The van der Waals surface area contributed by atoms with Gasteiger partial charge in [-0.3, -0.25) is 0 Å². The lowest BCUT2D eigenvalue weighted by molar-refractivity contribution is 0.374. The molecule has 1 heterocycles. The van der Waals surface area contributed by atoms with Crippen LogP contribution in [0.15, 0.2) is 12.1 Å². The Morgan fingerprint density at radius 3 is 2.20 bits per heavy atom. The second kappa shape index (κ2) is 9.44. The molecule has 1 nitrogen and oxygen atoms in total. The molecule has 0 aromatic carbocycles. The zero-order valence-corrected chi connectivity index (χ0v) is 14.7. The van der Waals surface area contributed by atoms with Crippen LogP contribution in [0.1, 0.15) is 83.4 Å². The van der Waals surface area contributed by atoms with E-state index in [1.54, 1.807) is 7.11 Å². The lowest BCUT2D eigenvalue weighted by Gasteiger charge is -2.28. The summed E-state index contributed by atoms with van der Waals surface area (Å²) in [5.41, 5.74) is 0.351. The van der Waals surface area contributed by atoms with E-state index in [-0.39, 0.29) is 0 Å². The van der Waals surface area contributed by atoms with Gasteiger partial charge in [0.15, 0.2) is 5.06 Å². The van der Waals surface area contributed by atoms with Crippen LogP contribution in [0.3, 0.4) is 0 Å². The molecule has 116 valence electrons. The van der Waals surface area contributed by atoms with E-state index >= 15 is 0 Å². The predicted octanol–water partition coefficient (Wildman–Crippen LogP) is 6.57. The van der Waals surface area contributed by atoms with Gasteiger partial charge in [0.2, 0.25) is 0 Å². The van der Waals surface area contributed by atoms with Gasteiger partial charge in [0.05, 0.1) is 7.11 Å². The van der Waals surface area contributed by atoms with Crippen molar-refractivity contribution < 1.29 is 4.74 Å². The summed E-state index contributed by atoms with van der Waals surface area (Å²) in [7, 11) is 1.77. The van der Waals surface area contributed by atoms with Gasteiger partial charge >= 0.3 is 0 Å². The molecule has 1 atom stereocenters. The maximum Gasteiger partial charge on any atom is 0.173 e. The fourth-order valence-electron chi connectivity index (χ4n) is 2.81. The van der Waals surface area contributed by atoms with Crippen LogP contribution >= 0.6 is 11.3 Å². The average molecular weight is 297 g/mol. The first-order valence-corrected chi connectivity index (χ1v) is 9.12. The van der Waals surface area contributed by atoms with E-state index in [2.05, 4.69) is 32.9 Å². The monoisotopic (exact) mass is 296 g/mol. The minimum absolute atomic E-state index is 0.351. The predicted molar refractivity (Wildman–Crippen MR) is 91.1 cm³/mol. The number of unbranched alkanes of at least 4 members (excludes halogenated alkanes) is 5. The molecule has 0 bridgehead atoms. The van der Waals surface area contributed by atoms with Crippen LogP contribution in [-0.4, -0.2) is 7.11 Å². The highest BCUT2D eigenvalue weighted by molar-refractivity contribution is 7.14.